The summed E-state index contributed by atoms with van der Waals surface area (Å²) in [5.41, 5.74) is 4.50. The first-order chi connectivity index (χ1) is 12.2. The summed E-state index contributed by atoms with van der Waals surface area (Å²) in [4.78, 5) is 8.99. The van der Waals surface area contributed by atoms with Crippen LogP contribution in [-0.2, 0) is 6.54 Å². The van der Waals surface area contributed by atoms with E-state index >= 15 is 0 Å². The summed E-state index contributed by atoms with van der Waals surface area (Å²) >= 11 is 1.58. The SMILES string of the molecule is Cc1cc(-c2csc(Nc3ccccn3)n2)c(C)n1Cc1ccco1. The van der Waals surface area contributed by atoms with Gasteiger partial charge in [-0.05, 0) is 44.2 Å². The molecule has 0 saturated carbocycles. The normalized spacial score (nSPS) is 11.0. The highest BCUT2D eigenvalue weighted by atomic mass is 32.1. The lowest BCUT2D eigenvalue weighted by molar-refractivity contribution is 0.489. The van der Waals surface area contributed by atoms with Crippen molar-refractivity contribution in [2.45, 2.75) is 20.4 Å². The van der Waals surface area contributed by atoms with E-state index in [2.05, 4.69) is 40.2 Å². The maximum Gasteiger partial charge on any atom is 0.188 e. The molecule has 0 aliphatic carbocycles. The van der Waals surface area contributed by atoms with Gasteiger partial charge >= 0.3 is 0 Å². The van der Waals surface area contributed by atoms with Gasteiger partial charge in [-0.1, -0.05) is 6.07 Å². The van der Waals surface area contributed by atoms with Crippen LogP contribution in [0.15, 0.2) is 58.7 Å². The lowest BCUT2D eigenvalue weighted by Crippen LogP contribution is -2.02. The molecule has 4 heterocycles. The first-order valence-corrected chi connectivity index (χ1v) is 8.92. The van der Waals surface area contributed by atoms with Crippen molar-refractivity contribution in [2.75, 3.05) is 5.32 Å². The van der Waals surface area contributed by atoms with E-state index in [1.54, 1.807) is 23.8 Å². The standard InChI is InChI=1S/C19H18N4OS/c1-13-10-16(14(2)23(13)11-15-6-5-9-24-15)17-12-25-19(21-17)22-18-7-3-4-8-20-18/h3-10,12H,11H2,1-2H3,(H,20,21,22). The van der Waals surface area contributed by atoms with Crippen LogP contribution in [0.5, 0.6) is 0 Å². The smallest absolute Gasteiger partial charge is 0.188 e. The van der Waals surface area contributed by atoms with Gasteiger partial charge in [0.25, 0.3) is 0 Å². The molecule has 0 bridgehead atoms. The average molecular weight is 350 g/mol. The van der Waals surface area contributed by atoms with Gasteiger partial charge in [0.2, 0.25) is 0 Å². The summed E-state index contributed by atoms with van der Waals surface area (Å²) in [6.45, 7) is 4.96. The zero-order valence-corrected chi connectivity index (χ0v) is 14.9. The Balaban J connectivity index is 1.60. The third-order valence-corrected chi connectivity index (χ3v) is 4.91. The van der Waals surface area contributed by atoms with Crippen LogP contribution in [0, 0.1) is 13.8 Å². The zero-order chi connectivity index (χ0) is 17.2. The molecule has 0 saturated heterocycles. The van der Waals surface area contributed by atoms with E-state index < -0.39 is 0 Å². The Morgan fingerprint density at radius 2 is 2.12 bits per heavy atom. The number of hydrogen-bond acceptors (Lipinski definition) is 5. The van der Waals surface area contributed by atoms with Crippen molar-refractivity contribution in [3.8, 4) is 11.3 Å². The van der Waals surface area contributed by atoms with E-state index in [0.29, 0.717) is 0 Å². The first kappa shape index (κ1) is 15.7. The van der Waals surface area contributed by atoms with Crippen LogP contribution >= 0.6 is 11.3 Å². The first-order valence-electron chi connectivity index (χ1n) is 8.04. The molecular weight excluding hydrogens is 332 g/mol. The van der Waals surface area contributed by atoms with Crippen molar-refractivity contribution in [1.82, 2.24) is 14.5 Å². The number of rotatable bonds is 5. The Kier molecular flexibility index (Phi) is 4.11. The van der Waals surface area contributed by atoms with Crippen LogP contribution in [0.2, 0.25) is 0 Å². The Hall–Kier alpha value is -2.86. The number of aromatic nitrogens is 3. The number of nitrogens with zero attached hydrogens (tertiary/aromatic N) is 3. The van der Waals surface area contributed by atoms with Crippen molar-refractivity contribution >= 4 is 22.3 Å². The van der Waals surface area contributed by atoms with Crippen molar-refractivity contribution in [3.05, 3.63) is 71.4 Å². The lowest BCUT2D eigenvalue weighted by atomic mass is 10.2. The van der Waals surface area contributed by atoms with Crippen LogP contribution in [-0.4, -0.2) is 14.5 Å². The highest BCUT2D eigenvalue weighted by Crippen LogP contribution is 2.31. The lowest BCUT2D eigenvalue weighted by Gasteiger charge is -2.07. The molecule has 0 aliphatic rings. The molecule has 6 heteroatoms. The fraction of sp³-hybridized carbons (Fsp3) is 0.158. The Bertz CT molecular complexity index is 970. The molecule has 0 atom stereocenters. The van der Waals surface area contributed by atoms with Crippen molar-refractivity contribution in [1.29, 1.82) is 0 Å². The maximum absolute atomic E-state index is 5.48. The predicted octanol–water partition coefficient (Wildman–Crippen LogP) is 5.01. The van der Waals surface area contributed by atoms with Gasteiger partial charge in [-0.15, -0.1) is 11.3 Å². The molecule has 0 unspecified atom stereocenters. The van der Waals surface area contributed by atoms with E-state index in [9.17, 15) is 0 Å². The van der Waals surface area contributed by atoms with E-state index in [0.717, 1.165) is 34.5 Å². The highest BCUT2D eigenvalue weighted by Gasteiger charge is 2.14. The maximum atomic E-state index is 5.48. The molecule has 4 aromatic heterocycles. The van der Waals surface area contributed by atoms with Crippen LogP contribution in [0.4, 0.5) is 10.9 Å². The highest BCUT2D eigenvalue weighted by molar-refractivity contribution is 7.14. The zero-order valence-electron chi connectivity index (χ0n) is 14.1. The predicted molar refractivity (Wildman–Crippen MR) is 100 cm³/mol. The van der Waals surface area contributed by atoms with Crippen LogP contribution in [0.25, 0.3) is 11.3 Å². The fourth-order valence-corrected chi connectivity index (χ4v) is 3.58. The Morgan fingerprint density at radius 1 is 1.20 bits per heavy atom. The molecule has 1 N–H and O–H groups in total. The van der Waals surface area contributed by atoms with Gasteiger partial charge < -0.3 is 14.3 Å². The van der Waals surface area contributed by atoms with Crippen LogP contribution in [0.3, 0.4) is 0 Å². The molecule has 25 heavy (non-hydrogen) atoms. The Morgan fingerprint density at radius 3 is 2.88 bits per heavy atom. The molecule has 5 nitrogen and oxygen atoms in total. The molecule has 0 amide bonds. The topological polar surface area (TPSA) is 55.9 Å². The van der Waals surface area contributed by atoms with Crippen LogP contribution in [0.1, 0.15) is 17.1 Å². The summed E-state index contributed by atoms with van der Waals surface area (Å²) in [5, 5.41) is 6.16. The fourth-order valence-electron chi connectivity index (χ4n) is 2.86. The third kappa shape index (κ3) is 3.21. The van der Waals surface area contributed by atoms with E-state index in [-0.39, 0.29) is 0 Å². The van der Waals surface area contributed by atoms with Gasteiger partial charge in [0.15, 0.2) is 5.13 Å². The van der Waals surface area contributed by atoms with Gasteiger partial charge in [-0.3, -0.25) is 0 Å². The molecule has 4 aromatic rings. The minimum absolute atomic E-state index is 0.730. The van der Waals surface area contributed by atoms with Crippen molar-refractivity contribution < 1.29 is 4.42 Å². The van der Waals surface area contributed by atoms with E-state index in [1.807, 2.05) is 30.3 Å². The number of thiazole rings is 1. The largest absolute Gasteiger partial charge is 0.467 e. The molecule has 0 aliphatic heterocycles. The molecule has 4 rings (SSSR count). The number of pyridine rings is 1. The number of hydrogen-bond donors (Lipinski definition) is 1. The van der Waals surface area contributed by atoms with Crippen molar-refractivity contribution in [3.63, 3.8) is 0 Å². The summed E-state index contributed by atoms with van der Waals surface area (Å²) in [7, 11) is 0. The molecular formula is C19H18N4OS. The minimum Gasteiger partial charge on any atom is -0.467 e. The second-order valence-electron chi connectivity index (χ2n) is 5.83. The minimum atomic E-state index is 0.730. The van der Waals surface area contributed by atoms with Gasteiger partial charge in [0, 0.05) is 28.5 Å². The molecule has 0 spiro atoms. The van der Waals surface area contributed by atoms with E-state index in [1.165, 1.54) is 11.4 Å². The Labute approximate surface area is 150 Å². The third-order valence-electron chi connectivity index (χ3n) is 4.15. The summed E-state index contributed by atoms with van der Waals surface area (Å²) in [6, 6.07) is 11.9. The molecule has 0 fully saturated rings. The second kappa shape index (κ2) is 6.57. The molecule has 0 radical (unpaired) electrons. The number of aryl methyl sites for hydroxylation is 1. The van der Waals surface area contributed by atoms with Gasteiger partial charge in [0.1, 0.15) is 11.6 Å². The summed E-state index contributed by atoms with van der Waals surface area (Å²) < 4.78 is 7.73. The van der Waals surface area contributed by atoms with Gasteiger partial charge in [-0.25, -0.2) is 9.97 Å². The number of furan rings is 1. The molecule has 126 valence electrons. The number of nitrogens with one attached hydrogen (secondary N) is 1. The average Bonchev–Trinajstić information content (AvgIpc) is 3.34. The number of anilines is 2. The molecule has 0 aromatic carbocycles. The van der Waals surface area contributed by atoms with Crippen molar-refractivity contribution in [2.24, 2.45) is 0 Å². The summed E-state index contributed by atoms with van der Waals surface area (Å²) in [5.74, 6) is 1.75. The van der Waals surface area contributed by atoms with E-state index in [4.69, 9.17) is 9.40 Å². The summed E-state index contributed by atoms with van der Waals surface area (Å²) in [6.07, 6.45) is 3.47. The second-order valence-corrected chi connectivity index (χ2v) is 6.69. The van der Waals surface area contributed by atoms with Gasteiger partial charge in [0.05, 0.1) is 18.5 Å². The monoisotopic (exact) mass is 350 g/mol. The van der Waals surface area contributed by atoms with Crippen LogP contribution < -0.4 is 5.32 Å². The van der Waals surface area contributed by atoms with Gasteiger partial charge in [-0.2, -0.15) is 0 Å². The quantitative estimate of drug-likeness (QED) is 0.550.